The van der Waals surface area contributed by atoms with E-state index in [0.29, 0.717) is 5.56 Å². The van der Waals surface area contributed by atoms with Crippen LogP contribution in [0.4, 0.5) is 10.3 Å². The Kier molecular flexibility index (Phi) is 5.17. The van der Waals surface area contributed by atoms with Gasteiger partial charge in [0.15, 0.2) is 0 Å². The molecule has 1 aliphatic carbocycles. The van der Waals surface area contributed by atoms with Gasteiger partial charge in [0.25, 0.3) is 0 Å². The van der Waals surface area contributed by atoms with E-state index < -0.39 is 15.7 Å². The lowest BCUT2D eigenvalue weighted by Gasteiger charge is -2.22. The molecule has 1 N–H and O–H groups in total. The predicted molar refractivity (Wildman–Crippen MR) is 104 cm³/mol. The molecule has 5 nitrogen and oxygen atoms in total. The highest BCUT2D eigenvalue weighted by atomic mass is 32.2. The van der Waals surface area contributed by atoms with Crippen LogP contribution in [0.5, 0.6) is 0 Å². The molecule has 2 aromatic carbocycles. The molecule has 0 spiro atoms. The van der Waals surface area contributed by atoms with Crippen molar-refractivity contribution in [2.24, 2.45) is 0 Å². The average Bonchev–Trinajstić information content (AvgIpc) is 3.14. The minimum atomic E-state index is -3.96. The van der Waals surface area contributed by atoms with Gasteiger partial charge in [-0.15, -0.1) is 0 Å². The Labute approximate surface area is 163 Å². The monoisotopic (exact) mass is 400 g/mol. The summed E-state index contributed by atoms with van der Waals surface area (Å²) in [7, 11) is -3.96. The van der Waals surface area contributed by atoms with E-state index in [1.54, 1.807) is 0 Å². The SMILES string of the molecule is O=S(=O)(c1ccc(F)cc1)c1nc(-c2ccccc2)oc1NC1CCCCC1. The summed E-state index contributed by atoms with van der Waals surface area (Å²) in [6.07, 6.45) is 5.29. The Morgan fingerprint density at radius 2 is 1.64 bits per heavy atom. The molecule has 0 atom stereocenters. The van der Waals surface area contributed by atoms with Crippen molar-refractivity contribution in [3.8, 4) is 11.5 Å². The molecule has 0 bridgehead atoms. The number of hydrogen-bond acceptors (Lipinski definition) is 5. The van der Waals surface area contributed by atoms with Gasteiger partial charge in [-0.3, -0.25) is 0 Å². The van der Waals surface area contributed by atoms with E-state index in [2.05, 4.69) is 10.3 Å². The zero-order valence-electron chi connectivity index (χ0n) is 15.3. The predicted octanol–water partition coefficient (Wildman–Crippen LogP) is 5.06. The van der Waals surface area contributed by atoms with Gasteiger partial charge in [0, 0.05) is 11.6 Å². The molecule has 1 aromatic heterocycles. The van der Waals surface area contributed by atoms with Crippen LogP contribution in [0.25, 0.3) is 11.5 Å². The molecule has 1 heterocycles. The van der Waals surface area contributed by atoms with E-state index in [0.717, 1.165) is 37.8 Å². The van der Waals surface area contributed by atoms with Gasteiger partial charge < -0.3 is 9.73 Å². The molecule has 0 radical (unpaired) electrons. The molecule has 28 heavy (non-hydrogen) atoms. The molecular formula is C21H21FN2O3S. The van der Waals surface area contributed by atoms with Crippen LogP contribution in [0, 0.1) is 5.82 Å². The Balaban J connectivity index is 1.77. The topological polar surface area (TPSA) is 72.2 Å². The lowest BCUT2D eigenvalue weighted by atomic mass is 9.96. The van der Waals surface area contributed by atoms with Crippen molar-refractivity contribution >= 4 is 15.7 Å². The Hall–Kier alpha value is -2.67. The molecule has 1 fully saturated rings. The summed E-state index contributed by atoms with van der Waals surface area (Å²) >= 11 is 0. The molecule has 3 aromatic rings. The van der Waals surface area contributed by atoms with Gasteiger partial charge >= 0.3 is 0 Å². The zero-order valence-corrected chi connectivity index (χ0v) is 16.1. The number of nitrogens with one attached hydrogen (secondary N) is 1. The number of hydrogen-bond donors (Lipinski definition) is 1. The number of oxazole rings is 1. The Bertz CT molecular complexity index is 1040. The fourth-order valence-corrected chi connectivity index (χ4v) is 4.71. The quantitative estimate of drug-likeness (QED) is 0.606. The zero-order chi connectivity index (χ0) is 19.6. The molecule has 0 amide bonds. The van der Waals surface area contributed by atoms with E-state index in [-0.39, 0.29) is 27.7 Å². The first-order valence-corrected chi connectivity index (χ1v) is 10.9. The highest BCUT2D eigenvalue weighted by molar-refractivity contribution is 7.91. The van der Waals surface area contributed by atoms with Crippen molar-refractivity contribution in [1.82, 2.24) is 4.98 Å². The highest BCUT2D eigenvalue weighted by Gasteiger charge is 2.30. The number of sulfone groups is 1. The van der Waals surface area contributed by atoms with Crippen molar-refractivity contribution in [1.29, 1.82) is 0 Å². The van der Waals surface area contributed by atoms with E-state index in [1.807, 2.05) is 30.3 Å². The third-order valence-electron chi connectivity index (χ3n) is 4.94. The van der Waals surface area contributed by atoms with Crippen LogP contribution in [-0.2, 0) is 9.84 Å². The maximum Gasteiger partial charge on any atom is 0.234 e. The first kappa shape index (κ1) is 18.7. The van der Waals surface area contributed by atoms with Crippen LogP contribution >= 0.6 is 0 Å². The minimum absolute atomic E-state index is 0.0199. The van der Waals surface area contributed by atoms with Crippen LogP contribution < -0.4 is 5.32 Å². The first-order chi connectivity index (χ1) is 13.5. The molecule has 0 aliphatic heterocycles. The minimum Gasteiger partial charge on any atom is -0.419 e. The molecular weight excluding hydrogens is 379 g/mol. The molecule has 0 unspecified atom stereocenters. The van der Waals surface area contributed by atoms with Crippen molar-refractivity contribution in [2.75, 3.05) is 5.32 Å². The molecule has 1 aliphatic rings. The maximum absolute atomic E-state index is 13.2. The van der Waals surface area contributed by atoms with Gasteiger partial charge in [-0.05, 0) is 49.2 Å². The number of aromatic nitrogens is 1. The molecule has 4 rings (SSSR count). The van der Waals surface area contributed by atoms with Crippen molar-refractivity contribution < 1.29 is 17.2 Å². The summed E-state index contributed by atoms with van der Waals surface area (Å²) < 4.78 is 45.4. The van der Waals surface area contributed by atoms with Gasteiger partial charge in [-0.1, -0.05) is 37.5 Å². The summed E-state index contributed by atoms with van der Waals surface area (Å²) in [5.41, 5.74) is 0.690. The molecule has 1 saturated carbocycles. The summed E-state index contributed by atoms with van der Waals surface area (Å²) in [4.78, 5) is 4.29. The molecule has 146 valence electrons. The second-order valence-electron chi connectivity index (χ2n) is 6.96. The maximum atomic E-state index is 13.2. The number of halogens is 1. The van der Waals surface area contributed by atoms with E-state index >= 15 is 0 Å². The Morgan fingerprint density at radius 1 is 0.964 bits per heavy atom. The molecule has 0 saturated heterocycles. The van der Waals surface area contributed by atoms with Crippen molar-refractivity contribution in [2.45, 2.75) is 48.1 Å². The summed E-state index contributed by atoms with van der Waals surface area (Å²) in [6.45, 7) is 0. The van der Waals surface area contributed by atoms with Gasteiger partial charge in [0.2, 0.25) is 26.6 Å². The normalized spacial score (nSPS) is 15.5. The van der Waals surface area contributed by atoms with Crippen LogP contribution in [0.2, 0.25) is 0 Å². The standard InChI is InChI=1S/C21H21FN2O3S/c22-16-11-13-18(14-12-16)28(25,26)21-20(23-17-9-5-2-6-10-17)27-19(24-21)15-7-3-1-4-8-15/h1,3-4,7-8,11-14,17,23H,2,5-6,9-10H2. The third-order valence-corrected chi connectivity index (χ3v) is 6.61. The smallest absolute Gasteiger partial charge is 0.234 e. The van der Waals surface area contributed by atoms with E-state index in [1.165, 1.54) is 18.6 Å². The largest absolute Gasteiger partial charge is 0.419 e. The number of benzene rings is 2. The number of nitrogens with zero attached hydrogens (tertiary/aromatic N) is 1. The average molecular weight is 400 g/mol. The second-order valence-corrected chi connectivity index (χ2v) is 8.82. The third kappa shape index (κ3) is 3.80. The van der Waals surface area contributed by atoms with Gasteiger partial charge in [-0.25, -0.2) is 12.8 Å². The van der Waals surface area contributed by atoms with E-state index in [4.69, 9.17) is 4.42 Å². The van der Waals surface area contributed by atoms with Crippen LogP contribution in [0.15, 0.2) is 68.9 Å². The summed E-state index contributed by atoms with van der Waals surface area (Å²) in [6, 6.07) is 14.0. The summed E-state index contributed by atoms with van der Waals surface area (Å²) in [5.74, 6) is -0.112. The number of rotatable bonds is 5. The van der Waals surface area contributed by atoms with Crippen LogP contribution in [-0.4, -0.2) is 19.4 Å². The van der Waals surface area contributed by atoms with Crippen LogP contribution in [0.3, 0.4) is 0 Å². The van der Waals surface area contributed by atoms with Crippen molar-refractivity contribution in [3.63, 3.8) is 0 Å². The first-order valence-electron chi connectivity index (χ1n) is 9.37. The highest BCUT2D eigenvalue weighted by Crippen LogP contribution is 2.34. The van der Waals surface area contributed by atoms with Crippen molar-refractivity contribution in [3.05, 3.63) is 60.4 Å². The van der Waals surface area contributed by atoms with Gasteiger partial charge in [0.05, 0.1) is 4.90 Å². The van der Waals surface area contributed by atoms with Crippen LogP contribution in [0.1, 0.15) is 32.1 Å². The fraction of sp³-hybridized carbons (Fsp3) is 0.286. The summed E-state index contributed by atoms with van der Waals surface area (Å²) in [5, 5.41) is 3.08. The fourth-order valence-electron chi connectivity index (χ4n) is 3.44. The molecule has 7 heteroatoms. The van der Waals surface area contributed by atoms with E-state index in [9.17, 15) is 12.8 Å². The Morgan fingerprint density at radius 3 is 2.32 bits per heavy atom. The lowest BCUT2D eigenvalue weighted by Crippen LogP contribution is -2.23. The lowest BCUT2D eigenvalue weighted by molar-refractivity contribution is 0.450. The van der Waals surface area contributed by atoms with Gasteiger partial charge in [-0.2, -0.15) is 4.98 Å². The second kappa shape index (κ2) is 7.75. The van der Waals surface area contributed by atoms with Gasteiger partial charge in [0.1, 0.15) is 5.82 Å². The number of anilines is 1.